The minimum absolute atomic E-state index is 0.00424. The zero-order valence-electron chi connectivity index (χ0n) is 10.7. The van der Waals surface area contributed by atoms with Crippen molar-refractivity contribution >= 4 is 21.8 Å². The van der Waals surface area contributed by atoms with Crippen molar-refractivity contribution < 1.29 is 4.74 Å². The summed E-state index contributed by atoms with van der Waals surface area (Å²) in [6, 6.07) is 7.18. The van der Waals surface area contributed by atoms with Gasteiger partial charge >= 0.3 is 0 Å². The molecule has 0 saturated heterocycles. The van der Waals surface area contributed by atoms with Crippen LogP contribution in [0.5, 0.6) is 11.6 Å². The summed E-state index contributed by atoms with van der Waals surface area (Å²) < 4.78 is 6.78. The monoisotopic (exact) mass is 319 g/mol. The molecule has 0 aliphatic heterocycles. The molecule has 0 unspecified atom stereocenters. The zero-order valence-corrected chi connectivity index (χ0v) is 12.3. The molecule has 0 bridgehead atoms. The molecule has 0 aliphatic rings. The number of rotatable bonds is 3. The van der Waals surface area contributed by atoms with E-state index >= 15 is 0 Å². The van der Waals surface area contributed by atoms with Gasteiger partial charge in [0.2, 0.25) is 5.88 Å². The van der Waals surface area contributed by atoms with Gasteiger partial charge in [0.15, 0.2) is 0 Å². The molecule has 1 heterocycles. The topological polar surface area (TPSA) is 72.0 Å². The fourth-order valence-corrected chi connectivity index (χ4v) is 1.95. The predicted molar refractivity (Wildman–Crippen MR) is 78.9 cm³/mol. The number of hydrogen-bond donors (Lipinski definition) is 2. The van der Waals surface area contributed by atoms with Crippen molar-refractivity contribution in [2.24, 2.45) is 5.73 Å². The molecule has 1 aromatic heterocycles. The standard InChI is InChI=1S/C14H14BrN3O/c1-8-5-11(6-9(2)13(8)15)19-12-7-10(14(16)17)3-4-18-12/h3-7H,1-2H3,(H3,16,17). The number of nitrogens with two attached hydrogens (primary N) is 1. The van der Waals surface area contributed by atoms with E-state index in [1.807, 2.05) is 26.0 Å². The zero-order chi connectivity index (χ0) is 14.0. The molecule has 3 N–H and O–H groups in total. The van der Waals surface area contributed by atoms with Gasteiger partial charge in [-0.1, -0.05) is 15.9 Å². The number of benzene rings is 1. The van der Waals surface area contributed by atoms with Crippen LogP contribution in [0.4, 0.5) is 0 Å². The minimum Gasteiger partial charge on any atom is -0.439 e. The lowest BCUT2D eigenvalue weighted by Crippen LogP contribution is -2.11. The first-order valence-corrected chi connectivity index (χ1v) is 6.51. The molecule has 0 radical (unpaired) electrons. The molecule has 98 valence electrons. The van der Waals surface area contributed by atoms with Crippen molar-refractivity contribution in [2.75, 3.05) is 0 Å². The first-order valence-electron chi connectivity index (χ1n) is 5.72. The van der Waals surface area contributed by atoms with Crippen molar-refractivity contribution in [3.63, 3.8) is 0 Å². The Morgan fingerprint density at radius 2 is 1.89 bits per heavy atom. The van der Waals surface area contributed by atoms with Crippen LogP contribution in [0.3, 0.4) is 0 Å². The Bertz CT molecular complexity index is 617. The van der Waals surface area contributed by atoms with Crippen molar-refractivity contribution in [1.82, 2.24) is 4.98 Å². The van der Waals surface area contributed by atoms with Gasteiger partial charge in [0.25, 0.3) is 0 Å². The van der Waals surface area contributed by atoms with Gasteiger partial charge in [-0.15, -0.1) is 0 Å². The lowest BCUT2D eigenvalue weighted by atomic mass is 10.1. The number of aryl methyl sites for hydroxylation is 2. The van der Waals surface area contributed by atoms with E-state index in [-0.39, 0.29) is 5.84 Å². The molecule has 0 aliphatic carbocycles. The van der Waals surface area contributed by atoms with Gasteiger partial charge < -0.3 is 10.5 Å². The molecule has 4 nitrogen and oxygen atoms in total. The maximum absolute atomic E-state index is 7.40. The van der Waals surface area contributed by atoms with Crippen molar-refractivity contribution in [2.45, 2.75) is 13.8 Å². The number of hydrogen-bond acceptors (Lipinski definition) is 3. The minimum atomic E-state index is -0.00424. The lowest BCUT2D eigenvalue weighted by molar-refractivity contribution is 0.462. The highest BCUT2D eigenvalue weighted by Gasteiger charge is 2.06. The van der Waals surface area contributed by atoms with Gasteiger partial charge in [0.05, 0.1) is 0 Å². The molecule has 0 atom stereocenters. The van der Waals surface area contributed by atoms with Gasteiger partial charge in [-0.05, 0) is 43.2 Å². The Morgan fingerprint density at radius 1 is 1.26 bits per heavy atom. The third-order valence-corrected chi connectivity index (χ3v) is 3.93. The van der Waals surface area contributed by atoms with Gasteiger partial charge in [0.1, 0.15) is 11.6 Å². The summed E-state index contributed by atoms with van der Waals surface area (Å²) in [6.07, 6.45) is 1.57. The van der Waals surface area contributed by atoms with Crippen LogP contribution in [0.2, 0.25) is 0 Å². The molecule has 0 saturated carbocycles. The number of halogens is 1. The molecule has 0 amide bonds. The van der Waals surface area contributed by atoms with E-state index in [1.54, 1.807) is 18.3 Å². The third kappa shape index (κ3) is 3.12. The summed E-state index contributed by atoms with van der Waals surface area (Å²) in [5, 5.41) is 7.40. The molecular weight excluding hydrogens is 306 g/mol. The molecule has 0 fully saturated rings. The molecule has 5 heteroatoms. The predicted octanol–water partition coefficient (Wildman–Crippen LogP) is 3.54. The summed E-state index contributed by atoms with van der Waals surface area (Å²) in [4.78, 5) is 4.11. The lowest BCUT2D eigenvalue weighted by Gasteiger charge is -2.09. The summed E-state index contributed by atoms with van der Waals surface area (Å²) in [7, 11) is 0. The van der Waals surface area contributed by atoms with Crippen LogP contribution in [0.1, 0.15) is 16.7 Å². The van der Waals surface area contributed by atoms with E-state index in [0.717, 1.165) is 15.6 Å². The molecule has 2 rings (SSSR count). The second-order valence-corrected chi connectivity index (χ2v) is 5.06. The third-order valence-electron chi connectivity index (χ3n) is 2.68. The Balaban J connectivity index is 2.31. The van der Waals surface area contributed by atoms with Crippen LogP contribution in [0, 0.1) is 19.3 Å². The van der Waals surface area contributed by atoms with Crippen LogP contribution in [-0.2, 0) is 0 Å². The molecule has 0 spiro atoms. The van der Waals surface area contributed by atoms with Crippen LogP contribution in [0.15, 0.2) is 34.9 Å². The van der Waals surface area contributed by atoms with Crippen LogP contribution in [-0.4, -0.2) is 10.8 Å². The summed E-state index contributed by atoms with van der Waals surface area (Å²) >= 11 is 3.51. The largest absolute Gasteiger partial charge is 0.439 e. The van der Waals surface area contributed by atoms with Gasteiger partial charge in [0, 0.05) is 22.3 Å². The molecular formula is C14H14BrN3O. The fourth-order valence-electron chi connectivity index (χ4n) is 1.72. The number of ether oxygens (including phenoxy) is 1. The van der Waals surface area contributed by atoms with Crippen molar-refractivity contribution in [3.8, 4) is 11.6 Å². The number of nitrogens with zero attached hydrogens (tertiary/aromatic N) is 1. The van der Waals surface area contributed by atoms with Crippen LogP contribution >= 0.6 is 15.9 Å². The Kier molecular flexibility index (Phi) is 3.85. The maximum Gasteiger partial charge on any atom is 0.219 e. The Hall–Kier alpha value is -1.88. The van der Waals surface area contributed by atoms with E-state index < -0.39 is 0 Å². The van der Waals surface area contributed by atoms with Crippen LogP contribution in [0.25, 0.3) is 0 Å². The second-order valence-electron chi connectivity index (χ2n) is 4.27. The number of pyridine rings is 1. The highest BCUT2D eigenvalue weighted by Crippen LogP contribution is 2.28. The van der Waals surface area contributed by atoms with E-state index in [4.69, 9.17) is 15.9 Å². The highest BCUT2D eigenvalue weighted by molar-refractivity contribution is 9.10. The van der Waals surface area contributed by atoms with Crippen molar-refractivity contribution in [3.05, 3.63) is 51.6 Å². The number of nitrogens with one attached hydrogen (secondary N) is 1. The molecule has 1 aromatic carbocycles. The number of nitrogen functional groups attached to an aromatic ring is 1. The normalized spacial score (nSPS) is 10.3. The van der Waals surface area contributed by atoms with Crippen molar-refractivity contribution in [1.29, 1.82) is 5.41 Å². The van der Waals surface area contributed by atoms with E-state index in [0.29, 0.717) is 17.2 Å². The first kappa shape index (κ1) is 13.5. The quantitative estimate of drug-likeness (QED) is 0.671. The summed E-state index contributed by atoms with van der Waals surface area (Å²) in [6.45, 7) is 4.01. The van der Waals surface area contributed by atoms with E-state index in [9.17, 15) is 0 Å². The van der Waals surface area contributed by atoms with Gasteiger partial charge in [-0.2, -0.15) is 0 Å². The summed E-state index contributed by atoms with van der Waals surface area (Å²) in [5.41, 5.74) is 8.22. The average Bonchev–Trinajstić information content (AvgIpc) is 2.36. The molecule has 19 heavy (non-hydrogen) atoms. The number of aromatic nitrogens is 1. The van der Waals surface area contributed by atoms with Gasteiger partial charge in [-0.25, -0.2) is 4.98 Å². The number of amidine groups is 1. The molecule has 2 aromatic rings. The smallest absolute Gasteiger partial charge is 0.219 e. The SMILES string of the molecule is Cc1cc(Oc2cc(C(=N)N)ccn2)cc(C)c1Br. The first-order chi connectivity index (χ1) is 8.97. The van der Waals surface area contributed by atoms with Gasteiger partial charge in [-0.3, -0.25) is 5.41 Å². The van der Waals surface area contributed by atoms with E-state index in [1.165, 1.54) is 0 Å². The average molecular weight is 320 g/mol. The highest BCUT2D eigenvalue weighted by atomic mass is 79.9. The Morgan fingerprint density at radius 3 is 2.47 bits per heavy atom. The Labute approximate surface area is 120 Å². The van der Waals surface area contributed by atoms with E-state index in [2.05, 4.69) is 20.9 Å². The second kappa shape index (κ2) is 5.40. The fraction of sp³-hybridized carbons (Fsp3) is 0.143. The maximum atomic E-state index is 7.40. The summed E-state index contributed by atoms with van der Waals surface area (Å²) in [5.74, 6) is 1.13. The van der Waals surface area contributed by atoms with Crippen LogP contribution < -0.4 is 10.5 Å².